The van der Waals surface area contributed by atoms with Crippen molar-refractivity contribution in [2.75, 3.05) is 6.61 Å². The van der Waals surface area contributed by atoms with Crippen molar-refractivity contribution in [1.82, 2.24) is 0 Å². The maximum atomic E-state index is 6.51. The lowest BCUT2D eigenvalue weighted by molar-refractivity contribution is -0.249. The number of fused-ring (bicyclic) bond motifs is 1. The van der Waals surface area contributed by atoms with E-state index < -0.39 is 12.3 Å². The fourth-order valence-corrected chi connectivity index (χ4v) is 4.55. The molecule has 6 heteroatoms. The predicted octanol–water partition coefficient (Wildman–Crippen LogP) is 5.31. The molecule has 0 spiro atoms. The summed E-state index contributed by atoms with van der Waals surface area (Å²) in [5.74, 6) is 0.686. The molecule has 0 N–H and O–H groups in total. The molecule has 3 aromatic carbocycles. The summed E-state index contributed by atoms with van der Waals surface area (Å²) in [7, 11) is 0. The van der Waals surface area contributed by atoms with Crippen LogP contribution in [0.4, 0.5) is 0 Å². The van der Waals surface area contributed by atoms with E-state index in [1.165, 1.54) is 0 Å². The molecule has 36 heavy (non-hydrogen) atoms. The van der Waals surface area contributed by atoms with Crippen LogP contribution in [0.2, 0.25) is 0 Å². The minimum atomic E-state index is -0.442. The van der Waals surface area contributed by atoms with Crippen molar-refractivity contribution < 1.29 is 23.7 Å². The van der Waals surface area contributed by atoms with Crippen LogP contribution in [0.5, 0.6) is 0 Å². The van der Waals surface area contributed by atoms with Gasteiger partial charge in [0.05, 0.1) is 26.4 Å². The SMILES string of the molecule is CCC1=N[C@H]2O[C@H](COCc3ccccc3)[C@@H](OCc3ccccc3)[C@H](OCc3ccccc3)[C@H]2O1. The summed E-state index contributed by atoms with van der Waals surface area (Å²) in [6, 6.07) is 30.4. The Kier molecular flexibility index (Phi) is 8.41. The molecule has 188 valence electrons. The molecule has 2 heterocycles. The van der Waals surface area contributed by atoms with Gasteiger partial charge in [0.1, 0.15) is 18.3 Å². The largest absolute Gasteiger partial charge is 0.470 e. The van der Waals surface area contributed by atoms with Gasteiger partial charge in [-0.25, -0.2) is 4.99 Å². The van der Waals surface area contributed by atoms with Crippen molar-refractivity contribution in [2.45, 2.75) is 63.8 Å². The monoisotopic (exact) mass is 487 g/mol. The summed E-state index contributed by atoms with van der Waals surface area (Å²) in [5, 5.41) is 0. The van der Waals surface area contributed by atoms with Crippen molar-refractivity contribution in [2.24, 2.45) is 4.99 Å². The lowest BCUT2D eigenvalue weighted by atomic mass is 9.97. The van der Waals surface area contributed by atoms with E-state index in [0.717, 1.165) is 16.7 Å². The Morgan fingerprint density at radius 1 is 0.694 bits per heavy atom. The molecule has 3 aromatic rings. The summed E-state index contributed by atoms with van der Waals surface area (Å²) >= 11 is 0. The molecule has 0 aliphatic carbocycles. The van der Waals surface area contributed by atoms with Gasteiger partial charge in [-0.05, 0) is 16.7 Å². The molecule has 5 atom stereocenters. The third-order valence-electron chi connectivity index (χ3n) is 6.42. The van der Waals surface area contributed by atoms with E-state index in [1.807, 2.05) is 61.5 Å². The fraction of sp³-hybridized carbons (Fsp3) is 0.367. The minimum absolute atomic E-state index is 0.358. The molecule has 6 nitrogen and oxygen atoms in total. The number of ether oxygens (including phenoxy) is 5. The molecule has 0 saturated carbocycles. The maximum Gasteiger partial charge on any atom is 0.191 e. The Morgan fingerprint density at radius 3 is 1.78 bits per heavy atom. The zero-order valence-electron chi connectivity index (χ0n) is 20.6. The van der Waals surface area contributed by atoms with Crippen molar-refractivity contribution >= 4 is 5.90 Å². The summed E-state index contributed by atoms with van der Waals surface area (Å²) in [4.78, 5) is 4.68. The number of hydrogen-bond acceptors (Lipinski definition) is 6. The predicted molar refractivity (Wildman–Crippen MR) is 137 cm³/mol. The smallest absolute Gasteiger partial charge is 0.191 e. The highest BCUT2D eigenvalue weighted by Gasteiger charge is 2.51. The fourth-order valence-electron chi connectivity index (χ4n) is 4.55. The standard InChI is InChI=1S/C30H33NO5/c1-2-26-31-30-29(36-26)28(34-20-24-16-10-5-11-17-24)27(33-19-23-14-8-4-9-15-23)25(35-30)21-32-18-22-12-6-3-7-13-22/h3-17,25,27-30H,2,18-21H2,1H3/t25-,27-,28+,29-,30+/m1/s1. The maximum absolute atomic E-state index is 6.51. The van der Waals surface area contributed by atoms with Crippen molar-refractivity contribution in [3.63, 3.8) is 0 Å². The zero-order valence-corrected chi connectivity index (χ0v) is 20.6. The number of hydrogen-bond donors (Lipinski definition) is 0. The van der Waals surface area contributed by atoms with Gasteiger partial charge in [0.15, 0.2) is 18.2 Å². The summed E-state index contributed by atoms with van der Waals surface area (Å²) in [5.41, 5.74) is 3.29. The zero-order chi connectivity index (χ0) is 24.6. The molecular formula is C30H33NO5. The lowest BCUT2D eigenvalue weighted by Gasteiger charge is -2.42. The van der Waals surface area contributed by atoms with Gasteiger partial charge in [-0.1, -0.05) is 97.9 Å². The van der Waals surface area contributed by atoms with Crippen LogP contribution in [-0.2, 0) is 43.5 Å². The molecule has 0 amide bonds. The second-order valence-corrected chi connectivity index (χ2v) is 9.05. The van der Waals surface area contributed by atoms with E-state index in [9.17, 15) is 0 Å². The summed E-state index contributed by atoms with van der Waals surface area (Å²) in [6.07, 6.45) is -1.23. The Balaban J connectivity index is 1.35. The average molecular weight is 488 g/mol. The van der Waals surface area contributed by atoms with E-state index in [-0.39, 0.29) is 18.3 Å². The van der Waals surface area contributed by atoms with Crippen LogP contribution in [0.3, 0.4) is 0 Å². The van der Waals surface area contributed by atoms with Gasteiger partial charge in [0, 0.05) is 6.42 Å². The highest BCUT2D eigenvalue weighted by molar-refractivity contribution is 5.77. The van der Waals surface area contributed by atoms with Gasteiger partial charge in [-0.2, -0.15) is 0 Å². The van der Waals surface area contributed by atoms with E-state index >= 15 is 0 Å². The molecule has 0 aromatic heterocycles. The third kappa shape index (κ3) is 6.20. The molecule has 2 aliphatic heterocycles. The molecule has 0 bridgehead atoms. The Hall–Kier alpha value is -3.03. The van der Waals surface area contributed by atoms with Gasteiger partial charge >= 0.3 is 0 Å². The number of rotatable bonds is 11. The second kappa shape index (κ2) is 12.3. The molecule has 2 aliphatic rings. The van der Waals surface area contributed by atoms with Crippen LogP contribution in [0.1, 0.15) is 30.0 Å². The van der Waals surface area contributed by atoms with E-state index in [4.69, 9.17) is 23.7 Å². The first-order chi connectivity index (χ1) is 17.8. The van der Waals surface area contributed by atoms with Gasteiger partial charge in [-0.3, -0.25) is 0 Å². The highest BCUT2D eigenvalue weighted by atomic mass is 16.6. The van der Waals surface area contributed by atoms with Crippen LogP contribution in [0.15, 0.2) is 96.0 Å². The van der Waals surface area contributed by atoms with Crippen LogP contribution in [0, 0.1) is 0 Å². The van der Waals surface area contributed by atoms with Crippen LogP contribution >= 0.6 is 0 Å². The van der Waals surface area contributed by atoms with Gasteiger partial charge in [-0.15, -0.1) is 0 Å². The van der Waals surface area contributed by atoms with Crippen molar-refractivity contribution in [1.29, 1.82) is 0 Å². The lowest BCUT2D eigenvalue weighted by Crippen LogP contribution is -2.59. The van der Waals surface area contributed by atoms with Crippen LogP contribution < -0.4 is 0 Å². The molecular weight excluding hydrogens is 454 g/mol. The van der Waals surface area contributed by atoms with Crippen LogP contribution in [0.25, 0.3) is 0 Å². The Bertz CT molecular complexity index is 1090. The minimum Gasteiger partial charge on any atom is -0.470 e. The first-order valence-corrected chi connectivity index (χ1v) is 12.6. The Labute approximate surface area is 212 Å². The van der Waals surface area contributed by atoms with Gasteiger partial charge in [0.25, 0.3) is 0 Å². The number of benzene rings is 3. The molecule has 5 rings (SSSR count). The topological polar surface area (TPSA) is 58.5 Å². The molecule has 0 unspecified atom stereocenters. The van der Waals surface area contributed by atoms with Crippen molar-refractivity contribution in [3.8, 4) is 0 Å². The van der Waals surface area contributed by atoms with E-state index in [0.29, 0.717) is 38.7 Å². The third-order valence-corrected chi connectivity index (χ3v) is 6.42. The summed E-state index contributed by atoms with van der Waals surface area (Å²) < 4.78 is 31.7. The molecule has 1 fully saturated rings. The van der Waals surface area contributed by atoms with Gasteiger partial charge < -0.3 is 23.7 Å². The van der Waals surface area contributed by atoms with Gasteiger partial charge in [0.2, 0.25) is 0 Å². The average Bonchev–Trinajstić information content (AvgIpc) is 3.35. The highest BCUT2D eigenvalue weighted by Crippen LogP contribution is 2.34. The second-order valence-electron chi connectivity index (χ2n) is 9.05. The first kappa shape index (κ1) is 24.7. The van der Waals surface area contributed by atoms with E-state index in [1.54, 1.807) is 0 Å². The quantitative estimate of drug-likeness (QED) is 0.367. The van der Waals surface area contributed by atoms with E-state index in [2.05, 4.69) is 41.4 Å². The Morgan fingerprint density at radius 2 is 1.22 bits per heavy atom. The normalized spacial score (nSPS) is 25.1. The first-order valence-electron chi connectivity index (χ1n) is 12.6. The number of nitrogens with zero attached hydrogens (tertiary/aromatic N) is 1. The summed E-state index contributed by atoms with van der Waals surface area (Å²) in [6.45, 7) is 3.77. The molecule has 1 saturated heterocycles. The number of aliphatic imine (C=N–C) groups is 1. The molecule has 0 radical (unpaired) electrons. The van der Waals surface area contributed by atoms with Crippen LogP contribution in [-0.4, -0.2) is 43.1 Å². The van der Waals surface area contributed by atoms with Crippen molar-refractivity contribution in [3.05, 3.63) is 108 Å².